The number of sulfonamides is 1. The fourth-order valence-electron chi connectivity index (χ4n) is 1.81. The zero-order valence-corrected chi connectivity index (χ0v) is 13.9. The topological polar surface area (TPSA) is 58.2 Å². The van der Waals surface area contributed by atoms with Gasteiger partial charge in [-0.3, -0.25) is 0 Å². The molecule has 0 unspecified atom stereocenters. The smallest absolute Gasteiger partial charge is 0.212 e. The number of rotatable bonds is 12. The second-order valence-electron chi connectivity index (χ2n) is 5.92. The van der Waals surface area contributed by atoms with Gasteiger partial charge in [0, 0.05) is 19.1 Å². The van der Waals surface area contributed by atoms with Crippen LogP contribution in [-0.2, 0) is 10.0 Å². The monoisotopic (exact) mass is 292 g/mol. The van der Waals surface area contributed by atoms with Crippen LogP contribution in [-0.4, -0.2) is 33.3 Å². The third-order valence-electron chi connectivity index (χ3n) is 2.95. The highest BCUT2D eigenvalue weighted by atomic mass is 32.2. The van der Waals surface area contributed by atoms with Gasteiger partial charge in [0.15, 0.2) is 0 Å². The maximum atomic E-state index is 11.6. The first-order chi connectivity index (χ1) is 8.83. The van der Waals surface area contributed by atoms with Gasteiger partial charge in [-0.15, -0.1) is 0 Å². The second-order valence-corrected chi connectivity index (χ2v) is 7.85. The maximum Gasteiger partial charge on any atom is 0.212 e. The lowest BCUT2D eigenvalue weighted by Crippen LogP contribution is -2.34. The van der Waals surface area contributed by atoms with Crippen LogP contribution in [0.2, 0.25) is 0 Å². The molecule has 0 aliphatic rings. The predicted octanol–water partition coefficient (Wildman–Crippen LogP) is 2.51. The predicted molar refractivity (Wildman–Crippen MR) is 82.9 cm³/mol. The summed E-state index contributed by atoms with van der Waals surface area (Å²) >= 11 is 0. The molecular formula is C14H32N2O2S. The van der Waals surface area contributed by atoms with Crippen LogP contribution in [0.1, 0.15) is 59.8 Å². The van der Waals surface area contributed by atoms with Crippen LogP contribution >= 0.6 is 0 Å². The normalized spacial score (nSPS) is 12.5. The molecule has 0 fully saturated rings. The Balaban J connectivity index is 3.48. The molecule has 2 N–H and O–H groups in total. The minimum atomic E-state index is -3.10. The van der Waals surface area contributed by atoms with Gasteiger partial charge in [-0.05, 0) is 12.3 Å². The van der Waals surface area contributed by atoms with Crippen LogP contribution in [0.25, 0.3) is 0 Å². The quantitative estimate of drug-likeness (QED) is 0.543. The molecule has 0 saturated heterocycles. The summed E-state index contributed by atoms with van der Waals surface area (Å²) in [5, 5.41) is 3.11. The molecule has 0 aromatic carbocycles. The summed E-state index contributed by atoms with van der Waals surface area (Å²) in [6.45, 7) is 9.58. The van der Waals surface area contributed by atoms with Gasteiger partial charge in [0.1, 0.15) is 0 Å². The summed E-state index contributed by atoms with van der Waals surface area (Å²) in [5.74, 6) is 0.936. The van der Waals surface area contributed by atoms with Crippen LogP contribution in [0.15, 0.2) is 0 Å². The van der Waals surface area contributed by atoms with Crippen molar-refractivity contribution in [3.8, 4) is 0 Å². The van der Waals surface area contributed by atoms with Gasteiger partial charge in [-0.2, -0.15) is 0 Å². The molecule has 0 amide bonds. The molecule has 0 aliphatic heterocycles. The van der Waals surface area contributed by atoms with Crippen molar-refractivity contribution in [2.45, 2.75) is 65.8 Å². The molecule has 0 rings (SSSR count). The highest BCUT2D eigenvalue weighted by Gasteiger charge is 2.08. The fourth-order valence-corrected chi connectivity index (χ4v) is 2.80. The van der Waals surface area contributed by atoms with E-state index < -0.39 is 10.0 Å². The first kappa shape index (κ1) is 18.9. The Morgan fingerprint density at radius 3 is 2.11 bits per heavy atom. The first-order valence-corrected chi connectivity index (χ1v) is 9.19. The third kappa shape index (κ3) is 14.1. The van der Waals surface area contributed by atoms with Crippen LogP contribution in [0.3, 0.4) is 0 Å². The first-order valence-electron chi connectivity index (χ1n) is 7.54. The molecule has 19 heavy (non-hydrogen) atoms. The van der Waals surface area contributed by atoms with Crippen molar-refractivity contribution in [1.29, 1.82) is 0 Å². The van der Waals surface area contributed by atoms with E-state index in [9.17, 15) is 8.42 Å². The summed E-state index contributed by atoms with van der Waals surface area (Å²) < 4.78 is 25.9. The molecule has 0 aliphatic carbocycles. The Hall–Kier alpha value is -0.130. The lowest BCUT2D eigenvalue weighted by Gasteiger charge is -2.09. The number of unbranched alkanes of at least 4 members (excludes halogenated alkanes) is 3. The maximum absolute atomic E-state index is 11.6. The Kier molecular flexibility index (Phi) is 10.6. The van der Waals surface area contributed by atoms with E-state index in [1.54, 1.807) is 0 Å². The zero-order chi connectivity index (χ0) is 14.7. The van der Waals surface area contributed by atoms with E-state index in [0.717, 1.165) is 18.8 Å². The Morgan fingerprint density at radius 1 is 0.895 bits per heavy atom. The molecule has 0 aromatic heterocycles. The summed E-state index contributed by atoms with van der Waals surface area (Å²) in [5.41, 5.74) is 0. The molecule has 5 heteroatoms. The SMILES string of the molecule is CC(C)CCCCCCNS(=O)(=O)CCNC(C)C. The van der Waals surface area contributed by atoms with E-state index in [2.05, 4.69) is 23.9 Å². The van der Waals surface area contributed by atoms with Crippen molar-refractivity contribution in [1.82, 2.24) is 10.0 Å². The standard InChI is InChI=1S/C14H32N2O2S/c1-13(2)9-7-5-6-8-10-16-19(17,18)12-11-15-14(3)4/h13-16H,5-12H2,1-4H3. The summed E-state index contributed by atoms with van der Waals surface area (Å²) in [7, 11) is -3.10. The second kappa shape index (κ2) is 10.6. The molecule has 116 valence electrons. The van der Waals surface area contributed by atoms with Crippen LogP contribution in [0.4, 0.5) is 0 Å². The number of hydrogen-bond donors (Lipinski definition) is 2. The molecule has 0 heterocycles. The lowest BCUT2D eigenvalue weighted by atomic mass is 10.0. The van der Waals surface area contributed by atoms with Gasteiger partial charge in [0.25, 0.3) is 0 Å². The highest BCUT2D eigenvalue weighted by Crippen LogP contribution is 2.08. The molecule has 0 bridgehead atoms. The van der Waals surface area contributed by atoms with E-state index in [-0.39, 0.29) is 5.75 Å². The zero-order valence-electron chi connectivity index (χ0n) is 13.0. The molecule has 0 aromatic rings. The van der Waals surface area contributed by atoms with Crippen molar-refractivity contribution < 1.29 is 8.42 Å². The average molecular weight is 292 g/mol. The van der Waals surface area contributed by atoms with E-state index in [1.807, 2.05) is 13.8 Å². The van der Waals surface area contributed by atoms with Crippen LogP contribution < -0.4 is 10.0 Å². The molecule has 0 saturated carbocycles. The minimum Gasteiger partial charge on any atom is -0.313 e. The minimum absolute atomic E-state index is 0.165. The van der Waals surface area contributed by atoms with Gasteiger partial charge >= 0.3 is 0 Å². The highest BCUT2D eigenvalue weighted by molar-refractivity contribution is 7.89. The van der Waals surface area contributed by atoms with Gasteiger partial charge < -0.3 is 5.32 Å². The van der Waals surface area contributed by atoms with Crippen molar-refractivity contribution in [2.75, 3.05) is 18.8 Å². The van der Waals surface area contributed by atoms with E-state index >= 15 is 0 Å². The van der Waals surface area contributed by atoms with Crippen molar-refractivity contribution in [3.63, 3.8) is 0 Å². The number of nitrogens with one attached hydrogen (secondary N) is 2. The summed E-state index contributed by atoms with van der Waals surface area (Å²) in [4.78, 5) is 0. The summed E-state index contributed by atoms with van der Waals surface area (Å²) in [6, 6.07) is 0.330. The van der Waals surface area contributed by atoms with Gasteiger partial charge in [-0.25, -0.2) is 13.1 Å². The van der Waals surface area contributed by atoms with Gasteiger partial charge in [0.2, 0.25) is 10.0 Å². The summed E-state index contributed by atoms with van der Waals surface area (Å²) in [6.07, 6.45) is 5.78. The molecule has 0 spiro atoms. The third-order valence-corrected chi connectivity index (χ3v) is 4.34. The average Bonchev–Trinajstić information content (AvgIpc) is 2.26. The van der Waals surface area contributed by atoms with Crippen molar-refractivity contribution >= 4 is 10.0 Å². The molecular weight excluding hydrogens is 260 g/mol. The Bertz CT molecular complexity index is 301. The molecule has 0 radical (unpaired) electrons. The molecule has 4 nitrogen and oxygen atoms in total. The van der Waals surface area contributed by atoms with Crippen molar-refractivity contribution in [2.24, 2.45) is 5.92 Å². The largest absolute Gasteiger partial charge is 0.313 e. The van der Waals surface area contributed by atoms with E-state index in [1.165, 1.54) is 19.3 Å². The molecule has 0 atom stereocenters. The number of hydrogen-bond acceptors (Lipinski definition) is 3. The van der Waals surface area contributed by atoms with E-state index in [4.69, 9.17) is 0 Å². The lowest BCUT2D eigenvalue weighted by molar-refractivity contribution is 0.517. The van der Waals surface area contributed by atoms with Gasteiger partial charge in [-0.1, -0.05) is 53.4 Å². The van der Waals surface area contributed by atoms with Crippen LogP contribution in [0.5, 0.6) is 0 Å². The Labute approximate surface area is 119 Å². The van der Waals surface area contributed by atoms with Crippen LogP contribution in [0, 0.1) is 5.92 Å². The Morgan fingerprint density at radius 2 is 1.53 bits per heavy atom. The van der Waals surface area contributed by atoms with Crippen molar-refractivity contribution in [3.05, 3.63) is 0 Å². The van der Waals surface area contributed by atoms with Gasteiger partial charge in [0.05, 0.1) is 5.75 Å². The van der Waals surface area contributed by atoms with E-state index in [0.29, 0.717) is 19.1 Å². The fraction of sp³-hybridized carbons (Fsp3) is 1.00.